The Morgan fingerprint density at radius 3 is 2.57 bits per heavy atom. The van der Waals surface area contributed by atoms with Gasteiger partial charge in [0, 0.05) is 12.5 Å². The number of imidazole rings is 1. The molecule has 0 unspecified atom stereocenters. The van der Waals surface area contributed by atoms with Crippen molar-refractivity contribution in [2.24, 2.45) is 5.92 Å². The Morgan fingerprint density at radius 1 is 1.29 bits per heavy atom. The van der Waals surface area contributed by atoms with Gasteiger partial charge >= 0.3 is 5.97 Å². The number of aromatic nitrogens is 2. The minimum Gasteiger partial charge on any atom is -0.481 e. The summed E-state index contributed by atoms with van der Waals surface area (Å²) in [4.78, 5) is 15.6. The van der Waals surface area contributed by atoms with Crippen LogP contribution in [0.5, 0.6) is 0 Å². The molecule has 2 rings (SSSR count). The summed E-state index contributed by atoms with van der Waals surface area (Å²) in [5.41, 5.74) is 2.81. The largest absolute Gasteiger partial charge is 0.481 e. The maximum absolute atomic E-state index is 10.8. The van der Waals surface area contributed by atoms with E-state index in [0.29, 0.717) is 11.8 Å². The zero-order chi connectivity index (χ0) is 15.6. The lowest BCUT2D eigenvalue weighted by Crippen LogP contribution is -2.07. The summed E-state index contributed by atoms with van der Waals surface area (Å²) in [6, 6.07) is 5.81. The van der Waals surface area contributed by atoms with Gasteiger partial charge in [0.1, 0.15) is 5.82 Å². The van der Waals surface area contributed by atoms with Crippen LogP contribution in [0, 0.1) is 5.92 Å². The zero-order valence-electron chi connectivity index (χ0n) is 13.3. The van der Waals surface area contributed by atoms with E-state index in [0.717, 1.165) is 35.4 Å². The first-order valence-electron chi connectivity index (χ1n) is 7.59. The number of carboxylic acids is 1. The lowest BCUT2D eigenvalue weighted by molar-refractivity contribution is -0.136. The van der Waals surface area contributed by atoms with Gasteiger partial charge in [-0.15, -0.1) is 0 Å². The molecule has 0 aliphatic rings. The van der Waals surface area contributed by atoms with E-state index >= 15 is 0 Å². The molecule has 0 atom stereocenters. The molecule has 2 aromatic rings. The van der Waals surface area contributed by atoms with E-state index in [9.17, 15) is 4.79 Å². The van der Waals surface area contributed by atoms with Crippen LogP contribution in [0.3, 0.4) is 0 Å². The molecule has 1 N–H and O–H groups in total. The highest BCUT2D eigenvalue weighted by molar-refractivity contribution is 5.79. The van der Waals surface area contributed by atoms with Crippen LogP contribution in [0.25, 0.3) is 11.0 Å². The predicted octanol–water partition coefficient (Wildman–Crippen LogP) is 3.83. The van der Waals surface area contributed by atoms with E-state index in [1.54, 1.807) is 0 Å². The van der Waals surface area contributed by atoms with E-state index in [4.69, 9.17) is 10.1 Å². The number of rotatable bonds is 6. The standard InChI is InChI=1S/C17H24N2O2/c1-11(2)7-8-19-15-6-5-13(10-16(20)21)9-14(15)18-17(19)12(3)4/h5-6,9,11-12H,7-8,10H2,1-4H3,(H,20,21). The maximum atomic E-state index is 10.8. The van der Waals surface area contributed by atoms with Gasteiger partial charge in [-0.2, -0.15) is 0 Å². The molecule has 0 radical (unpaired) electrons. The monoisotopic (exact) mass is 288 g/mol. The highest BCUT2D eigenvalue weighted by Gasteiger charge is 2.14. The summed E-state index contributed by atoms with van der Waals surface area (Å²) in [5, 5.41) is 8.91. The normalized spacial score (nSPS) is 11.7. The number of nitrogens with zero attached hydrogens (tertiary/aromatic N) is 2. The topological polar surface area (TPSA) is 55.1 Å². The SMILES string of the molecule is CC(C)CCn1c(C(C)C)nc2cc(CC(=O)O)ccc21. The van der Waals surface area contributed by atoms with E-state index < -0.39 is 5.97 Å². The molecule has 4 heteroatoms. The van der Waals surface area contributed by atoms with Crippen LogP contribution >= 0.6 is 0 Å². The average molecular weight is 288 g/mol. The molecule has 0 saturated heterocycles. The molecule has 0 bridgehead atoms. The Labute approximate surface area is 125 Å². The van der Waals surface area contributed by atoms with Gasteiger partial charge in [-0.3, -0.25) is 4.79 Å². The highest BCUT2D eigenvalue weighted by Crippen LogP contribution is 2.24. The maximum Gasteiger partial charge on any atom is 0.307 e. The Kier molecular flexibility index (Phi) is 4.66. The second-order valence-electron chi connectivity index (χ2n) is 6.35. The summed E-state index contributed by atoms with van der Waals surface area (Å²) in [5.74, 6) is 1.28. The Morgan fingerprint density at radius 2 is 2.00 bits per heavy atom. The molecule has 4 nitrogen and oxygen atoms in total. The molecule has 1 aromatic heterocycles. The van der Waals surface area contributed by atoms with Crippen molar-refractivity contribution in [2.75, 3.05) is 0 Å². The average Bonchev–Trinajstić information content (AvgIpc) is 2.73. The van der Waals surface area contributed by atoms with Gasteiger partial charge in [0.05, 0.1) is 17.5 Å². The molecule has 0 saturated carbocycles. The lowest BCUT2D eigenvalue weighted by atomic mass is 10.1. The fourth-order valence-electron chi connectivity index (χ4n) is 2.54. The number of hydrogen-bond acceptors (Lipinski definition) is 2. The van der Waals surface area contributed by atoms with E-state index in [1.807, 2.05) is 18.2 Å². The van der Waals surface area contributed by atoms with Crippen molar-refractivity contribution in [1.82, 2.24) is 9.55 Å². The molecule has 1 aromatic carbocycles. The van der Waals surface area contributed by atoms with E-state index in [1.165, 1.54) is 0 Å². The number of aliphatic carboxylic acids is 1. The number of benzene rings is 1. The van der Waals surface area contributed by atoms with E-state index in [-0.39, 0.29) is 6.42 Å². The van der Waals surface area contributed by atoms with Crippen molar-refractivity contribution >= 4 is 17.0 Å². The van der Waals surface area contributed by atoms with Crippen molar-refractivity contribution in [3.05, 3.63) is 29.6 Å². The Balaban J connectivity index is 2.44. The molecule has 1 heterocycles. The summed E-state index contributed by atoms with van der Waals surface area (Å²) in [6.07, 6.45) is 1.16. The molecular weight excluding hydrogens is 264 g/mol. The first kappa shape index (κ1) is 15.5. The van der Waals surface area contributed by atoms with Gasteiger partial charge in [0.15, 0.2) is 0 Å². The second-order valence-corrected chi connectivity index (χ2v) is 6.35. The lowest BCUT2D eigenvalue weighted by Gasteiger charge is -2.12. The summed E-state index contributed by atoms with van der Waals surface area (Å²) in [7, 11) is 0. The highest BCUT2D eigenvalue weighted by atomic mass is 16.4. The van der Waals surface area contributed by atoms with Gasteiger partial charge in [-0.1, -0.05) is 33.8 Å². The number of hydrogen-bond donors (Lipinski definition) is 1. The van der Waals surface area contributed by atoms with Crippen LogP contribution in [0.1, 0.15) is 51.4 Å². The van der Waals surface area contributed by atoms with Gasteiger partial charge in [0.25, 0.3) is 0 Å². The van der Waals surface area contributed by atoms with Crippen molar-refractivity contribution < 1.29 is 9.90 Å². The fraction of sp³-hybridized carbons (Fsp3) is 0.529. The minimum atomic E-state index is -0.808. The van der Waals surface area contributed by atoms with Crippen LogP contribution < -0.4 is 0 Å². The third kappa shape index (κ3) is 3.63. The third-order valence-electron chi connectivity index (χ3n) is 3.64. The van der Waals surface area contributed by atoms with Crippen LogP contribution in [0.4, 0.5) is 0 Å². The molecular formula is C17H24N2O2. The molecule has 0 amide bonds. The molecule has 0 aliphatic carbocycles. The first-order chi connectivity index (χ1) is 9.88. The second kappa shape index (κ2) is 6.29. The van der Waals surface area contributed by atoms with Crippen molar-refractivity contribution in [1.29, 1.82) is 0 Å². The number of aryl methyl sites for hydroxylation is 1. The zero-order valence-corrected chi connectivity index (χ0v) is 13.3. The Bertz CT molecular complexity index is 642. The van der Waals surface area contributed by atoms with Crippen LogP contribution in [0.15, 0.2) is 18.2 Å². The minimum absolute atomic E-state index is 0.0474. The van der Waals surface area contributed by atoms with Gasteiger partial charge in [0.2, 0.25) is 0 Å². The van der Waals surface area contributed by atoms with Crippen LogP contribution in [0.2, 0.25) is 0 Å². The third-order valence-corrected chi connectivity index (χ3v) is 3.64. The van der Waals surface area contributed by atoms with Gasteiger partial charge in [-0.05, 0) is 30.0 Å². The molecule has 114 valence electrons. The predicted molar refractivity (Wildman–Crippen MR) is 84.6 cm³/mol. The molecule has 21 heavy (non-hydrogen) atoms. The number of fused-ring (bicyclic) bond motifs is 1. The molecule has 0 fully saturated rings. The van der Waals surface area contributed by atoms with Crippen LogP contribution in [-0.4, -0.2) is 20.6 Å². The summed E-state index contributed by atoms with van der Waals surface area (Å²) >= 11 is 0. The first-order valence-corrected chi connectivity index (χ1v) is 7.59. The summed E-state index contributed by atoms with van der Waals surface area (Å²) in [6.45, 7) is 9.69. The van der Waals surface area contributed by atoms with Crippen molar-refractivity contribution in [3.8, 4) is 0 Å². The Hall–Kier alpha value is -1.84. The molecule has 0 spiro atoms. The van der Waals surface area contributed by atoms with Crippen molar-refractivity contribution in [2.45, 2.75) is 53.0 Å². The van der Waals surface area contributed by atoms with Crippen molar-refractivity contribution in [3.63, 3.8) is 0 Å². The summed E-state index contributed by atoms with van der Waals surface area (Å²) < 4.78 is 2.28. The quantitative estimate of drug-likeness (QED) is 0.878. The van der Waals surface area contributed by atoms with Gasteiger partial charge in [-0.25, -0.2) is 4.98 Å². The number of carboxylic acid groups (broad SMARTS) is 1. The number of carbonyl (C=O) groups is 1. The molecule has 0 aliphatic heterocycles. The fourth-order valence-corrected chi connectivity index (χ4v) is 2.54. The van der Waals surface area contributed by atoms with Crippen LogP contribution in [-0.2, 0) is 17.8 Å². The van der Waals surface area contributed by atoms with E-state index in [2.05, 4.69) is 32.3 Å². The smallest absolute Gasteiger partial charge is 0.307 e. The van der Waals surface area contributed by atoms with Gasteiger partial charge < -0.3 is 9.67 Å².